The number of carbonyl (C=O) groups excluding carboxylic acids is 1. The highest BCUT2D eigenvalue weighted by molar-refractivity contribution is 7.98. The van der Waals surface area contributed by atoms with Gasteiger partial charge in [-0.1, -0.05) is 0 Å². The number of ether oxygens (including phenoxy) is 1. The molecule has 2 rings (SSSR count). The zero-order chi connectivity index (χ0) is 10.8. The van der Waals surface area contributed by atoms with Gasteiger partial charge >= 0.3 is 5.97 Å². The molecule has 4 nitrogen and oxygen atoms in total. The Hall–Kier alpha value is -1.49. The average Bonchev–Trinajstić information content (AvgIpc) is 2.71. The normalized spacial score (nSPS) is 10.5. The fourth-order valence-corrected chi connectivity index (χ4v) is 1.97. The molecule has 0 fully saturated rings. The van der Waals surface area contributed by atoms with Crippen LogP contribution in [0.5, 0.6) is 0 Å². The second-order valence-corrected chi connectivity index (χ2v) is 3.75. The van der Waals surface area contributed by atoms with Crippen LogP contribution in [0.4, 0.5) is 0 Å². The largest absolute Gasteiger partial charge is 0.464 e. The van der Waals surface area contributed by atoms with Crippen LogP contribution in [0.25, 0.3) is 10.9 Å². The number of pyridine rings is 1. The Morgan fingerprint density at radius 3 is 3.07 bits per heavy atom. The van der Waals surface area contributed by atoms with Gasteiger partial charge in [-0.2, -0.15) is 0 Å². The smallest absolute Gasteiger partial charge is 0.354 e. The predicted molar refractivity (Wildman–Crippen MR) is 59.2 cm³/mol. The van der Waals surface area contributed by atoms with E-state index in [1.807, 2.05) is 12.3 Å². The van der Waals surface area contributed by atoms with Gasteiger partial charge in [0.2, 0.25) is 0 Å². The Bertz CT molecular complexity index is 507. The van der Waals surface area contributed by atoms with Gasteiger partial charge < -0.3 is 9.72 Å². The molecular formula is C10H10N2O2S. The minimum absolute atomic E-state index is 0.363. The highest BCUT2D eigenvalue weighted by Gasteiger charge is 2.11. The molecule has 0 saturated carbocycles. The number of H-pyrrole nitrogens is 1. The monoisotopic (exact) mass is 222 g/mol. The molecule has 0 atom stereocenters. The summed E-state index contributed by atoms with van der Waals surface area (Å²) in [6.07, 6.45) is 3.66. The number of thioether (sulfide) groups is 1. The Kier molecular flexibility index (Phi) is 2.64. The van der Waals surface area contributed by atoms with Crippen molar-refractivity contribution < 1.29 is 9.53 Å². The van der Waals surface area contributed by atoms with E-state index in [1.165, 1.54) is 7.11 Å². The molecule has 1 N–H and O–H groups in total. The summed E-state index contributed by atoms with van der Waals surface area (Å²) in [5, 5.41) is 1.85. The molecule has 78 valence electrons. The van der Waals surface area contributed by atoms with E-state index in [2.05, 4.69) is 14.7 Å². The van der Waals surface area contributed by atoms with Crippen LogP contribution in [0, 0.1) is 0 Å². The number of hydrogen-bond acceptors (Lipinski definition) is 4. The first-order valence-electron chi connectivity index (χ1n) is 4.36. The predicted octanol–water partition coefficient (Wildman–Crippen LogP) is 2.07. The Balaban J connectivity index is 2.60. The van der Waals surface area contributed by atoms with Gasteiger partial charge in [0, 0.05) is 11.6 Å². The minimum atomic E-state index is -0.363. The van der Waals surface area contributed by atoms with Crippen molar-refractivity contribution in [2.45, 2.75) is 5.03 Å². The van der Waals surface area contributed by atoms with Gasteiger partial charge in [0.1, 0.15) is 10.7 Å². The third kappa shape index (κ3) is 1.70. The molecule has 0 unspecified atom stereocenters. The summed E-state index contributed by atoms with van der Waals surface area (Å²) >= 11 is 1.55. The summed E-state index contributed by atoms with van der Waals surface area (Å²) in [7, 11) is 1.36. The van der Waals surface area contributed by atoms with E-state index < -0.39 is 0 Å². The van der Waals surface area contributed by atoms with Crippen molar-refractivity contribution in [1.29, 1.82) is 0 Å². The first-order chi connectivity index (χ1) is 7.26. The van der Waals surface area contributed by atoms with Crippen molar-refractivity contribution in [3.05, 3.63) is 24.0 Å². The molecule has 5 heteroatoms. The number of esters is 1. The van der Waals surface area contributed by atoms with E-state index in [1.54, 1.807) is 24.0 Å². The number of carbonyl (C=O) groups is 1. The molecule has 0 amide bonds. The molecule has 2 heterocycles. The SMILES string of the molecule is COC(=O)c1cc2c(SC)nccc2[nH]1. The van der Waals surface area contributed by atoms with Crippen molar-refractivity contribution in [2.24, 2.45) is 0 Å². The van der Waals surface area contributed by atoms with E-state index in [0.29, 0.717) is 5.69 Å². The van der Waals surface area contributed by atoms with Crippen LogP contribution in [0.15, 0.2) is 23.4 Å². The first kappa shape index (κ1) is 10.0. The molecule has 0 bridgehead atoms. The van der Waals surface area contributed by atoms with E-state index in [9.17, 15) is 4.79 Å². The molecule has 15 heavy (non-hydrogen) atoms. The number of rotatable bonds is 2. The third-order valence-corrected chi connectivity index (χ3v) is 2.82. The topological polar surface area (TPSA) is 55.0 Å². The van der Waals surface area contributed by atoms with Crippen LogP contribution < -0.4 is 0 Å². The zero-order valence-electron chi connectivity index (χ0n) is 8.40. The molecular weight excluding hydrogens is 212 g/mol. The summed E-state index contributed by atoms with van der Waals surface area (Å²) in [4.78, 5) is 18.5. The maximum absolute atomic E-state index is 11.3. The van der Waals surface area contributed by atoms with Gasteiger partial charge in [0.15, 0.2) is 0 Å². The van der Waals surface area contributed by atoms with Crippen molar-refractivity contribution in [2.75, 3.05) is 13.4 Å². The van der Waals surface area contributed by atoms with Gasteiger partial charge in [0.05, 0.1) is 12.6 Å². The van der Waals surface area contributed by atoms with Gasteiger partial charge in [-0.25, -0.2) is 9.78 Å². The van der Waals surface area contributed by atoms with E-state index in [-0.39, 0.29) is 5.97 Å². The first-order valence-corrected chi connectivity index (χ1v) is 5.58. The average molecular weight is 222 g/mol. The highest BCUT2D eigenvalue weighted by Crippen LogP contribution is 2.24. The fourth-order valence-electron chi connectivity index (χ4n) is 1.41. The molecule has 2 aromatic heterocycles. The lowest BCUT2D eigenvalue weighted by Gasteiger charge is -1.95. The Labute approximate surface area is 91.0 Å². The third-order valence-electron chi connectivity index (χ3n) is 2.11. The van der Waals surface area contributed by atoms with Gasteiger partial charge in [-0.3, -0.25) is 0 Å². The number of nitrogens with zero attached hydrogens (tertiary/aromatic N) is 1. The number of aromatic amines is 1. The van der Waals surface area contributed by atoms with Crippen LogP contribution in [0.3, 0.4) is 0 Å². The second-order valence-electron chi connectivity index (χ2n) is 2.96. The highest BCUT2D eigenvalue weighted by atomic mass is 32.2. The molecule has 0 aliphatic carbocycles. The number of hydrogen-bond donors (Lipinski definition) is 1. The van der Waals surface area contributed by atoms with Gasteiger partial charge in [-0.05, 0) is 18.4 Å². The van der Waals surface area contributed by atoms with Crippen LogP contribution in [-0.4, -0.2) is 29.3 Å². The molecule has 0 aliphatic heterocycles. The Morgan fingerprint density at radius 1 is 1.60 bits per heavy atom. The van der Waals surface area contributed by atoms with Crippen molar-refractivity contribution in [3.63, 3.8) is 0 Å². The number of methoxy groups -OCH3 is 1. The maximum atomic E-state index is 11.3. The van der Waals surface area contributed by atoms with Gasteiger partial charge in [-0.15, -0.1) is 11.8 Å². The molecule has 0 aliphatic rings. The van der Waals surface area contributed by atoms with E-state index >= 15 is 0 Å². The van der Waals surface area contributed by atoms with Gasteiger partial charge in [0.25, 0.3) is 0 Å². The van der Waals surface area contributed by atoms with Crippen LogP contribution in [0.1, 0.15) is 10.5 Å². The number of aromatic nitrogens is 2. The summed E-state index contributed by atoms with van der Waals surface area (Å²) in [5.74, 6) is -0.363. The van der Waals surface area contributed by atoms with Crippen molar-refractivity contribution in [1.82, 2.24) is 9.97 Å². The summed E-state index contributed by atoms with van der Waals surface area (Å²) < 4.78 is 4.64. The van der Waals surface area contributed by atoms with Crippen LogP contribution in [0.2, 0.25) is 0 Å². The lowest BCUT2D eigenvalue weighted by molar-refractivity contribution is 0.0595. The second kappa shape index (κ2) is 3.94. The fraction of sp³-hybridized carbons (Fsp3) is 0.200. The number of fused-ring (bicyclic) bond motifs is 1. The van der Waals surface area contributed by atoms with E-state index in [0.717, 1.165) is 15.9 Å². The molecule has 2 aromatic rings. The molecule has 0 radical (unpaired) electrons. The zero-order valence-corrected chi connectivity index (χ0v) is 9.22. The number of nitrogens with one attached hydrogen (secondary N) is 1. The molecule has 0 spiro atoms. The summed E-state index contributed by atoms with van der Waals surface area (Å²) in [6.45, 7) is 0. The minimum Gasteiger partial charge on any atom is -0.464 e. The van der Waals surface area contributed by atoms with E-state index in [4.69, 9.17) is 0 Å². The molecule has 0 saturated heterocycles. The Morgan fingerprint density at radius 2 is 2.40 bits per heavy atom. The summed E-state index contributed by atoms with van der Waals surface area (Å²) in [6, 6.07) is 3.60. The van der Waals surface area contributed by atoms with Crippen molar-refractivity contribution in [3.8, 4) is 0 Å². The lowest BCUT2D eigenvalue weighted by Crippen LogP contribution is -2.00. The lowest BCUT2D eigenvalue weighted by atomic mass is 10.3. The molecule has 0 aromatic carbocycles. The quantitative estimate of drug-likeness (QED) is 0.624. The van der Waals surface area contributed by atoms with Crippen LogP contribution >= 0.6 is 11.8 Å². The van der Waals surface area contributed by atoms with Crippen LogP contribution in [-0.2, 0) is 4.74 Å². The maximum Gasteiger partial charge on any atom is 0.354 e. The van der Waals surface area contributed by atoms with Crippen molar-refractivity contribution >= 4 is 28.6 Å². The summed E-state index contributed by atoms with van der Waals surface area (Å²) in [5.41, 5.74) is 1.35. The standard InChI is InChI=1S/C10H10N2O2S/c1-14-10(13)8-5-6-7(12-8)3-4-11-9(6)15-2/h3-5,12H,1-2H3.